The van der Waals surface area contributed by atoms with Gasteiger partial charge >= 0.3 is 11.5 Å². The van der Waals surface area contributed by atoms with Gasteiger partial charge in [0.2, 0.25) is 4.96 Å². The van der Waals surface area contributed by atoms with Gasteiger partial charge in [0.25, 0.3) is 5.56 Å². The van der Waals surface area contributed by atoms with Gasteiger partial charge in [0, 0.05) is 12.5 Å². The maximum absolute atomic E-state index is 12.9. The standard InChI is InChI=1S/C21H14BrN3O5S/c1-11(26)30-18-14(22)8-12(9-15(18)29-2)10-16-20(28)25-21(31-16)23-19(27)17(24-25)13-6-4-3-5-7-13/h3-10H,1-2H3/b16-10-. The molecule has 4 aromatic rings. The molecule has 10 heteroatoms. The second kappa shape index (κ2) is 8.40. The zero-order chi connectivity index (χ0) is 22.1. The highest BCUT2D eigenvalue weighted by molar-refractivity contribution is 9.10. The molecule has 0 N–H and O–H groups in total. The van der Waals surface area contributed by atoms with E-state index in [-0.39, 0.29) is 16.4 Å². The number of rotatable bonds is 4. The largest absolute Gasteiger partial charge is 0.493 e. The Labute approximate surface area is 187 Å². The Kier molecular flexibility index (Phi) is 5.66. The highest BCUT2D eigenvalue weighted by Crippen LogP contribution is 2.37. The van der Waals surface area contributed by atoms with Gasteiger partial charge in [-0.25, -0.2) is 0 Å². The minimum atomic E-state index is -0.505. The molecule has 2 heterocycles. The summed E-state index contributed by atoms with van der Waals surface area (Å²) in [6.45, 7) is 1.29. The maximum Gasteiger partial charge on any atom is 0.308 e. The second-order valence-electron chi connectivity index (χ2n) is 6.37. The molecule has 8 nitrogen and oxygen atoms in total. The molecule has 0 atom stereocenters. The number of halogens is 1. The van der Waals surface area contributed by atoms with Gasteiger partial charge in [-0.05, 0) is 39.7 Å². The highest BCUT2D eigenvalue weighted by atomic mass is 79.9. The van der Waals surface area contributed by atoms with Crippen LogP contribution in [-0.2, 0) is 4.79 Å². The fourth-order valence-corrected chi connectivity index (χ4v) is 4.35. The van der Waals surface area contributed by atoms with Crippen LogP contribution >= 0.6 is 27.3 Å². The number of aromatic nitrogens is 3. The van der Waals surface area contributed by atoms with Crippen LogP contribution < -0.4 is 25.1 Å². The summed E-state index contributed by atoms with van der Waals surface area (Å²) >= 11 is 4.41. The van der Waals surface area contributed by atoms with Gasteiger partial charge in [-0.2, -0.15) is 14.6 Å². The van der Waals surface area contributed by atoms with Gasteiger partial charge in [0.1, 0.15) is 0 Å². The summed E-state index contributed by atoms with van der Waals surface area (Å²) in [7, 11) is 1.45. The van der Waals surface area contributed by atoms with Crippen molar-refractivity contribution < 1.29 is 14.3 Å². The Morgan fingerprint density at radius 2 is 1.94 bits per heavy atom. The fraction of sp³-hybridized carbons (Fsp3) is 0.0952. The summed E-state index contributed by atoms with van der Waals surface area (Å²) in [6.07, 6.45) is 1.63. The molecule has 0 radical (unpaired) electrons. The van der Waals surface area contributed by atoms with Crippen LogP contribution in [0.25, 0.3) is 22.3 Å². The van der Waals surface area contributed by atoms with Crippen molar-refractivity contribution in [2.75, 3.05) is 7.11 Å². The van der Waals surface area contributed by atoms with E-state index in [4.69, 9.17) is 9.47 Å². The molecule has 2 aromatic carbocycles. The molecule has 4 rings (SSSR count). The number of nitrogens with zero attached hydrogens (tertiary/aromatic N) is 3. The Morgan fingerprint density at radius 1 is 1.19 bits per heavy atom. The SMILES string of the molecule is COc1cc(/C=c2\sc3nc(=O)c(-c4ccccc4)nn3c2=O)cc(Br)c1OC(C)=O. The van der Waals surface area contributed by atoms with E-state index in [1.807, 2.05) is 6.07 Å². The number of thiazole rings is 1. The monoisotopic (exact) mass is 499 g/mol. The molecule has 0 aliphatic rings. The Morgan fingerprint density at radius 3 is 2.61 bits per heavy atom. The molecule has 0 bridgehead atoms. The number of benzene rings is 2. The highest BCUT2D eigenvalue weighted by Gasteiger charge is 2.15. The zero-order valence-corrected chi connectivity index (χ0v) is 18.7. The number of esters is 1. The maximum atomic E-state index is 12.9. The number of methoxy groups -OCH3 is 1. The smallest absolute Gasteiger partial charge is 0.308 e. The summed E-state index contributed by atoms with van der Waals surface area (Å²) in [5.41, 5.74) is 0.405. The third-order valence-corrected chi connectivity index (χ3v) is 5.78. The summed E-state index contributed by atoms with van der Waals surface area (Å²) in [6, 6.07) is 12.2. The third-order valence-electron chi connectivity index (χ3n) is 4.23. The molecule has 0 saturated carbocycles. The lowest BCUT2D eigenvalue weighted by molar-refractivity contribution is -0.132. The van der Waals surface area contributed by atoms with E-state index in [1.54, 1.807) is 42.5 Å². The molecule has 0 aliphatic carbocycles. The van der Waals surface area contributed by atoms with Crippen molar-refractivity contribution in [1.82, 2.24) is 14.6 Å². The summed E-state index contributed by atoms with van der Waals surface area (Å²) in [4.78, 5) is 40.9. The van der Waals surface area contributed by atoms with Crippen LogP contribution in [0.4, 0.5) is 0 Å². The van der Waals surface area contributed by atoms with Crippen molar-refractivity contribution in [1.29, 1.82) is 0 Å². The summed E-state index contributed by atoms with van der Waals surface area (Å²) in [5.74, 6) is 0.0757. The topological polar surface area (TPSA) is 99.9 Å². The summed E-state index contributed by atoms with van der Waals surface area (Å²) < 4.78 is 12.4. The van der Waals surface area contributed by atoms with Crippen LogP contribution in [0.3, 0.4) is 0 Å². The molecule has 0 aliphatic heterocycles. The lowest BCUT2D eigenvalue weighted by atomic mass is 10.2. The molecule has 31 heavy (non-hydrogen) atoms. The lowest BCUT2D eigenvalue weighted by Crippen LogP contribution is -2.26. The van der Waals surface area contributed by atoms with Gasteiger partial charge in [0.15, 0.2) is 17.2 Å². The number of hydrogen-bond acceptors (Lipinski definition) is 8. The molecular weight excluding hydrogens is 486 g/mol. The number of hydrogen-bond donors (Lipinski definition) is 0. The van der Waals surface area contributed by atoms with E-state index in [9.17, 15) is 14.4 Å². The normalized spacial score (nSPS) is 11.6. The van der Waals surface area contributed by atoms with Gasteiger partial charge in [-0.1, -0.05) is 41.7 Å². The molecule has 0 saturated heterocycles. The second-order valence-corrected chi connectivity index (χ2v) is 8.23. The number of carbonyl (C=O) groups is 1. The van der Waals surface area contributed by atoms with Crippen molar-refractivity contribution in [2.24, 2.45) is 0 Å². The van der Waals surface area contributed by atoms with Crippen LogP contribution in [0.15, 0.2) is 56.5 Å². The predicted octanol–water partition coefficient (Wildman–Crippen LogP) is 2.42. The van der Waals surface area contributed by atoms with Crippen LogP contribution in [0.5, 0.6) is 11.5 Å². The van der Waals surface area contributed by atoms with Crippen molar-refractivity contribution in [3.05, 3.63) is 77.7 Å². The molecular formula is C21H14BrN3O5S. The predicted molar refractivity (Wildman–Crippen MR) is 120 cm³/mol. The summed E-state index contributed by atoms with van der Waals surface area (Å²) in [5, 5.41) is 4.23. The van der Waals surface area contributed by atoms with E-state index in [1.165, 1.54) is 14.0 Å². The molecule has 0 spiro atoms. The van der Waals surface area contributed by atoms with Crippen LogP contribution in [0, 0.1) is 0 Å². The molecule has 0 amide bonds. The minimum absolute atomic E-state index is 0.106. The van der Waals surface area contributed by atoms with Crippen molar-refractivity contribution >= 4 is 44.3 Å². The average Bonchev–Trinajstić information content (AvgIpc) is 3.03. The molecule has 2 aromatic heterocycles. The quantitative estimate of drug-likeness (QED) is 0.314. The Bertz CT molecular complexity index is 1480. The van der Waals surface area contributed by atoms with E-state index in [0.29, 0.717) is 25.9 Å². The molecule has 0 unspecified atom stereocenters. The van der Waals surface area contributed by atoms with Crippen molar-refractivity contribution in [3.8, 4) is 22.8 Å². The van der Waals surface area contributed by atoms with Crippen LogP contribution in [0.2, 0.25) is 0 Å². The van der Waals surface area contributed by atoms with E-state index < -0.39 is 17.1 Å². The zero-order valence-electron chi connectivity index (χ0n) is 16.3. The molecule has 156 valence electrons. The molecule has 0 fully saturated rings. The fourth-order valence-electron chi connectivity index (χ4n) is 2.90. The van der Waals surface area contributed by atoms with E-state index >= 15 is 0 Å². The Balaban J connectivity index is 1.86. The van der Waals surface area contributed by atoms with Gasteiger partial charge in [0.05, 0.1) is 16.1 Å². The van der Waals surface area contributed by atoms with Crippen LogP contribution in [0.1, 0.15) is 12.5 Å². The van der Waals surface area contributed by atoms with Crippen LogP contribution in [-0.4, -0.2) is 27.7 Å². The first-order valence-corrected chi connectivity index (χ1v) is 10.6. The van der Waals surface area contributed by atoms with E-state index in [2.05, 4.69) is 26.0 Å². The van der Waals surface area contributed by atoms with Gasteiger partial charge < -0.3 is 9.47 Å². The Hall–Kier alpha value is -3.37. The van der Waals surface area contributed by atoms with Gasteiger partial charge in [-0.3, -0.25) is 14.4 Å². The first-order chi connectivity index (χ1) is 14.9. The first-order valence-electron chi connectivity index (χ1n) is 8.94. The van der Waals surface area contributed by atoms with E-state index in [0.717, 1.165) is 15.9 Å². The number of carbonyl (C=O) groups excluding carboxylic acids is 1. The number of fused-ring (bicyclic) bond motifs is 1. The van der Waals surface area contributed by atoms with Crippen molar-refractivity contribution in [3.63, 3.8) is 0 Å². The van der Waals surface area contributed by atoms with Gasteiger partial charge in [-0.15, -0.1) is 0 Å². The average molecular weight is 500 g/mol. The number of ether oxygens (including phenoxy) is 2. The lowest BCUT2D eigenvalue weighted by Gasteiger charge is -2.10. The third kappa shape index (κ3) is 4.12. The first kappa shape index (κ1) is 20.9. The minimum Gasteiger partial charge on any atom is -0.493 e. The van der Waals surface area contributed by atoms with Crippen molar-refractivity contribution in [2.45, 2.75) is 6.92 Å².